The maximum atomic E-state index is 14.0. The normalized spacial score (nSPS) is 17.4. The van der Waals surface area contributed by atoms with Gasteiger partial charge in [0, 0.05) is 25.7 Å². The first-order valence-corrected chi connectivity index (χ1v) is 29.5. The number of nitrogens with one attached hydrogen (secondary N) is 2. The number of carbonyl (C=O) groups excluding carboxylic acids is 3. The number of hydrogen-bond acceptors (Lipinski definition) is 9. The van der Waals surface area contributed by atoms with Gasteiger partial charge in [-0.1, -0.05) is 252 Å². The third-order valence-corrected chi connectivity index (χ3v) is 14.9. The van der Waals surface area contributed by atoms with Gasteiger partial charge in [0.15, 0.2) is 28.3 Å². The highest BCUT2D eigenvalue weighted by Crippen LogP contribution is 2.41. The summed E-state index contributed by atoms with van der Waals surface area (Å²) in [5, 5.41) is 26.5. The molecule has 0 aliphatic carbocycles. The van der Waals surface area contributed by atoms with Gasteiger partial charge in [0.05, 0.1) is 6.33 Å². The van der Waals surface area contributed by atoms with Crippen LogP contribution in [-0.4, -0.2) is 65.0 Å². The topological polar surface area (TPSA) is 176 Å². The summed E-state index contributed by atoms with van der Waals surface area (Å²) < 4.78 is 7.76. The number of aliphatic hydroxyl groups excluding tert-OH is 1. The summed E-state index contributed by atoms with van der Waals surface area (Å²) in [4.78, 5) is 65.2. The van der Waals surface area contributed by atoms with E-state index in [-0.39, 0.29) is 42.3 Å². The Morgan fingerprint density at radius 3 is 1.40 bits per heavy atom. The van der Waals surface area contributed by atoms with E-state index in [1.165, 1.54) is 191 Å². The number of hydrogen-bond donors (Lipinski definition) is 4. The molecule has 1 saturated heterocycles. The van der Waals surface area contributed by atoms with E-state index in [2.05, 4.69) is 41.0 Å². The van der Waals surface area contributed by atoms with E-state index in [1.807, 2.05) is 0 Å². The fourth-order valence-electron chi connectivity index (χ4n) is 10.3. The molecule has 0 radical (unpaired) electrons. The van der Waals surface area contributed by atoms with E-state index in [0.717, 1.165) is 57.8 Å². The van der Waals surface area contributed by atoms with Gasteiger partial charge in [-0.25, -0.2) is 4.98 Å². The number of Topliss-reactive ketones (excluding diaryl/α,β-unsaturated/α-hetero) is 2. The highest BCUT2D eigenvalue weighted by Gasteiger charge is 2.56. The molecule has 70 heavy (non-hydrogen) atoms. The van der Waals surface area contributed by atoms with Crippen LogP contribution >= 0.6 is 0 Å². The van der Waals surface area contributed by atoms with Gasteiger partial charge in [-0.15, -0.1) is 0 Å². The molecule has 402 valence electrons. The van der Waals surface area contributed by atoms with Gasteiger partial charge in [0.1, 0.15) is 18.4 Å². The molecule has 12 nitrogen and oxygen atoms in total. The lowest BCUT2D eigenvalue weighted by atomic mass is 9.83. The molecular weight excluding hydrogens is 879 g/mol. The Kier molecular flexibility index (Phi) is 33.9. The number of ketones is 2. The fraction of sp³-hybridized carbons (Fsp3) is 0.862. The quantitative estimate of drug-likeness (QED) is 0.0470. The lowest BCUT2D eigenvalue weighted by molar-refractivity contribution is -0.160. The zero-order valence-electron chi connectivity index (χ0n) is 45.0. The van der Waals surface area contributed by atoms with Crippen molar-refractivity contribution < 1.29 is 29.3 Å². The zero-order chi connectivity index (χ0) is 50.5. The van der Waals surface area contributed by atoms with Crippen LogP contribution in [0.4, 0.5) is 5.95 Å². The summed E-state index contributed by atoms with van der Waals surface area (Å²) in [5.41, 5.74) is -2.60. The average Bonchev–Trinajstić information content (AvgIpc) is 3.95. The lowest BCUT2D eigenvalue weighted by Gasteiger charge is -2.29. The molecule has 3 rings (SSSR count). The van der Waals surface area contributed by atoms with E-state index in [9.17, 15) is 29.4 Å². The van der Waals surface area contributed by atoms with Crippen molar-refractivity contribution in [3.63, 3.8) is 0 Å². The lowest BCUT2D eigenvalue weighted by Crippen LogP contribution is -2.53. The molecule has 4 atom stereocenters. The molecular formula is C58H103N5O7. The third-order valence-electron chi connectivity index (χ3n) is 14.9. The Bertz CT molecular complexity index is 1730. The predicted octanol–water partition coefficient (Wildman–Crippen LogP) is 15.0. The van der Waals surface area contributed by atoms with Gasteiger partial charge in [-0.2, -0.15) is 4.98 Å². The minimum Gasteiger partial charge on any atom is -0.382 e. The van der Waals surface area contributed by atoms with E-state index in [0.29, 0.717) is 19.3 Å². The fourth-order valence-corrected chi connectivity index (χ4v) is 10.3. The van der Waals surface area contributed by atoms with E-state index in [4.69, 9.17) is 4.74 Å². The number of aromatic amines is 1. The molecule has 1 aliphatic heterocycles. The second kappa shape index (κ2) is 38.6. The number of aromatic nitrogens is 4. The Hall–Kier alpha value is -2.96. The van der Waals surface area contributed by atoms with Crippen LogP contribution in [0.1, 0.15) is 303 Å². The average molecular weight is 982 g/mol. The van der Waals surface area contributed by atoms with Crippen LogP contribution in [0.15, 0.2) is 11.1 Å². The van der Waals surface area contributed by atoms with Crippen LogP contribution in [0.5, 0.6) is 0 Å². The van der Waals surface area contributed by atoms with Gasteiger partial charge in [0.2, 0.25) is 11.9 Å². The van der Waals surface area contributed by atoms with Gasteiger partial charge < -0.3 is 14.9 Å². The van der Waals surface area contributed by atoms with Crippen LogP contribution in [-0.2, 0) is 19.1 Å². The van der Waals surface area contributed by atoms with Crippen molar-refractivity contribution in [2.45, 2.75) is 321 Å². The van der Waals surface area contributed by atoms with Crippen molar-refractivity contribution >= 4 is 34.6 Å². The molecule has 0 aromatic carbocycles. The number of unbranched alkanes of at least 4 members (excludes halogenated alkanes) is 36. The third kappa shape index (κ3) is 24.6. The Balaban J connectivity index is 1.55. The van der Waals surface area contributed by atoms with E-state index < -0.39 is 41.2 Å². The molecule has 1 aliphatic rings. The highest BCUT2D eigenvalue weighted by molar-refractivity contribution is 5.91. The number of anilines is 1. The van der Waals surface area contributed by atoms with Crippen molar-refractivity contribution in [1.29, 1.82) is 0 Å². The summed E-state index contributed by atoms with van der Waals surface area (Å²) in [6.45, 7) is 6.74. The SMILES string of the molecule is CCCCCCCCCCCCCCCC(=O)Nc1nc2c(ncn2[C@H]2C[C@@](O)(C(=O)CCCCCCCCCCCCCCC)[C@@H](C(O)C(=O)CCCCCCCCCCCCCCC)O2)c(=O)[nH]1. The highest BCUT2D eigenvalue weighted by atomic mass is 16.6. The summed E-state index contributed by atoms with van der Waals surface area (Å²) in [6.07, 6.45) is 43.5. The maximum Gasteiger partial charge on any atom is 0.280 e. The van der Waals surface area contributed by atoms with Gasteiger partial charge in [0.25, 0.3) is 5.56 Å². The molecule has 1 unspecified atom stereocenters. The molecule has 2 aromatic rings. The van der Waals surface area contributed by atoms with Crippen molar-refractivity contribution in [1.82, 2.24) is 19.5 Å². The predicted molar refractivity (Wildman–Crippen MR) is 287 cm³/mol. The van der Waals surface area contributed by atoms with Crippen molar-refractivity contribution in [3.8, 4) is 0 Å². The molecule has 0 saturated carbocycles. The second-order valence-electron chi connectivity index (χ2n) is 21.2. The number of rotatable bonds is 47. The monoisotopic (exact) mass is 982 g/mol. The van der Waals surface area contributed by atoms with Crippen LogP contribution in [0.25, 0.3) is 11.2 Å². The number of aliphatic hydroxyl groups is 2. The summed E-state index contributed by atoms with van der Waals surface area (Å²) in [7, 11) is 0. The summed E-state index contributed by atoms with van der Waals surface area (Å²) in [6, 6.07) is 0. The number of fused-ring (bicyclic) bond motifs is 1. The van der Waals surface area contributed by atoms with E-state index in [1.54, 1.807) is 0 Å². The zero-order valence-corrected chi connectivity index (χ0v) is 45.0. The minimum atomic E-state index is -2.14. The number of amides is 1. The summed E-state index contributed by atoms with van der Waals surface area (Å²) >= 11 is 0. The van der Waals surface area contributed by atoms with Crippen LogP contribution < -0.4 is 10.9 Å². The van der Waals surface area contributed by atoms with Crippen LogP contribution in [0, 0.1) is 0 Å². The van der Waals surface area contributed by atoms with Crippen LogP contribution in [0.2, 0.25) is 0 Å². The first kappa shape index (κ1) is 61.3. The van der Waals surface area contributed by atoms with Gasteiger partial charge >= 0.3 is 0 Å². The smallest absolute Gasteiger partial charge is 0.280 e. The summed E-state index contributed by atoms with van der Waals surface area (Å²) in [5.74, 6) is -1.21. The molecule has 1 fully saturated rings. The van der Waals surface area contributed by atoms with Gasteiger partial charge in [-0.05, 0) is 19.3 Å². The maximum absolute atomic E-state index is 14.0. The molecule has 0 bridgehead atoms. The van der Waals surface area contributed by atoms with Crippen molar-refractivity contribution in [3.05, 3.63) is 16.7 Å². The molecule has 1 amide bonds. The first-order chi connectivity index (χ1) is 34.2. The number of nitrogens with zero attached hydrogens (tertiary/aromatic N) is 3. The first-order valence-electron chi connectivity index (χ1n) is 29.5. The Morgan fingerprint density at radius 2 is 0.986 bits per heavy atom. The number of H-pyrrole nitrogens is 1. The number of imidazole rings is 1. The van der Waals surface area contributed by atoms with Crippen LogP contribution in [0.3, 0.4) is 0 Å². The molecule has 12 heteroatoms. The molecule has 2 aromatic heterocycles. The Morgan fingerprint density at radius 1 is 0.614 bits per heavy atom. The van der Waals surface area contributed by atoms with E-state index >= 15 is 0 Å². The second-order valence-corrected chi connectivity index (χ2v) is 21.2. The minimum absolute atomic E-state index is 0.00224. The standard InChI is InChI=1S/C58H103N5O7/c1-4-7-10-13-16-19-22-25-28-31-34-37-40-43-48(64)53(67)54-58(69,49(65)44-41-38-35-32-29-26-23-20-17-14-11-8-5-2)46-51(70-54)63-47-59-52-55(63)61-57(62-56(52)68)60-50(66)45-42-39-36-33-30-27-24-21-18-15-12-9-6-3/h47,51,53-54,67,69H,4-46H2,1-3H3,(H2,60,61,62,66,68)/t51-,53?,54-,58-/m1/s1. The molecule has 3 heterocycles. The molecule has 4 N–H and O–H groups in total. The Labute approximate surface area is 424 Å². The molecule has 0 spiro atoms. The number of ether oxygens (including phenoxy) is 1. The largest absolute Gasteiger partial charge is 0.382 e. The van der Waals surface area contributed by atoms with Gasteiger partial charge in [-0.3, -0.25) is 34.0 Å². The van der Waals surface area contributed by atoms with Crippen molar-refractivity contribution in [2.24, 2.45) is 0 Å². The van der Waals surface area contributed by atoms with Crippen molar-refractivity contribution in [2.75, 3.05) is 5.32 Å². The number of carbonyl (C=O) groups is 3.